The highest BCUT2D eigenvalue weighted by molar-refractivity contribution is 4.66. The Hall–Kier alpha value is 0. The van der Waals surface area contributed by atoms with Crippen molar-refractivity contribution in [3.8, 4) is 0 Å². The van der Waals surface area contributed by atoms with Crippen molar-refractivity contribution in [3.63, 3.8) is 0 Å². The molecule has 1 rings (SSSR count). The molecule has 1 fully saturated rings. The van der Waals surface area contributed by atoms with Gasteiger partial charge in [-0.15, -0.1) is 0 Å². The maximum Gasteiger partial charge on any atom is -0.0414 e. The molecule has 17 heavy (non-hydrogen) atoms. The summed E-state index contributed by atoms with van der Waals surface area (Å²) in [6.07, 6.45) is 16.4. The molecule has 0 amide bonds. The van der Waals surface area contributed by atoms with E-state index in [2.05, 4.69) is 6.92 Å². The van der Waals surface area contributed by atoms with Gasteiger partial charge in [0.25, 0.3) is 0 Å². The lowest BCUT2D eigenvalue weighted by Crippen LogP contribution is -1.92. The van der Waals surface area contributed by atoms with Gasteiger partial charge in [0.2, 0.25) is 0 Å². The van der Waals surface area contributed by atoms with Crippen molar-refractivity contribution in [1.82, 2.24) is 0 Å². The molecule has 1 aliphatic carbocycles. The van der Waals surface area contributed by atoms with Crippen LogP contribution in [0.1, 0.15) is 105 Å². The Labute approximate surface area is 112 Å². The lowest BCUT2D eigenvalue weighted by molar-refractivity contribution is 0.462. The second-order valence-corrected chi connectivity index (χ2v) is 4.71. The standard InChI is InChI=1S/C13H26.2C2H6/c1-2-3-4-5-6-7-10-13-11-8-9-12-13;2*1-2/h13H,2-12H2,1H3;2*1-2H3. The van der Waals surface area contributed by atoms with Crippen LogP contribution in [0.25, 0.3) is 0 Å². The molecule has 0 aromatic heterocycles. The van der Waals surface area contributed by atoms with E-state index in [0.717, 1.165) is 5.92 Å². The van der Waals surface area contributed by atoms with Gasteiger partial charge in [0.05, 0.1) is 0 Å². The van der Waals surface area contributed by atoms with Crippen LogP contribution in [-0.4, -0.2) is 0 Å². The molecule has 0 spiro atoms. The summed E-state index contributed by atoms with van der Waals surface area (Å²) in [7, 11) is 0. The van der Waals surface area contributed by atoms with Crippen molar-refractivity contribution in [2.75, 3.05) is 0 Å². The first kappa shape index (κ1) is 19.3. The lowest BCUT2D eigenvalue weighted by Gasteiger charge is -2.07. The lowest BCUT2D eigenvalue weighted by atomic mass is 9.99. The summed E-state index contributed by atoms with van der Waals surface area (Å²) in [6, 6.07) is 0. The van der Waals surface area contributed by atoms with Crippen molar-refractivity contribution >= 4 is 0 Å². The zero-order chi connectivity index (χ0) is 13.4. The van der Waals surface area contributed by atoms with Crippen LogP contribution in [0.2, 0.25) is 0 Å². The summed E-state index contributed by atoms with van der Waals surface area (Å²) in [5.41, 5.74) is 0. The van der Waals surface area contributed by atoms with Crippen LogP contribution < -0.4 is 0 Å². The van der Waals surface area contributed by atoms with Crippen molar-refractivity contribution < 1.29 is 0 Å². The zero-order valence-corrected chi connectivity index (χ0v) is 13.4. The Kier molecular flexibility index (Phi) is 20.9. The molecule has 0 heterocycles. The van der Waals surface area contributed by atoms with Gasteiger partial charge in [0.15, 0.2) is 0 Å². The molecular formula is C17H38. The Balaban J connectivity index is 0. The van der Waals surface area contributed by atoms with E-state index in [4.69, 9.17) is 0 Å². The predicted molar refractivity (Wildman–Crippen MR) is 82.6 cm³/mol. The molecule has 0 atom stereocenters. The minimum Gasteiger partial charge on any atom is -0.0683 e. The average molecular weight is 242 g/mol. The molecule has 1 saturated carbocycles. The molecule has 1 aliphatic rings. The van der Waals surface area contributed by atoms with Gasteiger partial charge in [-0.3, -0.25) is 0 Å². The highest BCUT2D eigenvalue weighted by Gasteiger charge is 2.13. The van der Waals surface area contributed by atoms with Crippen LogP contribution in [0, 0.1) is 5.92 Å². The Morgan fingerprint density at radius 1 is 0.706 bits per heavy atom. The number of hydrogen-bond donors (Lipinski definition) is 0. The third-order valence-electron chi connectivity index (χ3n) is 3.44. The van der Waals surface area contributed by atoms with Crippen molar-refractivity contribution in [3.05, 3.63) is 0 Å². The van der Waals surface area contributed by atoms with Gasteiger partial charge in [0, 0.05) is 0 Å². The molecule has 0 aliphatic heterocycles. The van der Waals surface area contributed by atoms with Crippen molar-refractivity contribution in [2.24, 2.45) is 5.92 Å². The first-order chi connectivity index (χ1) is 8.43. The van der Waals surface area contributed by atoms with Crippen LogP contribution in [0.5, 0.6) is 0 Å². The van der Waals surface area contributed by atoms with Crippen LogP contribution in [-0.2, 0) is 0 Å². The Morgan fingerprint density at radius 3 is 1.71 bits per heavy atom. The Morgan fingerprint density at radius 2 is 1.18 bits per heavy atom. The smallest absolute Gasteiger partial charge is 0.0414 e. The first-order valence-corrected chi connectivity index (χ1v) is 8.43. The van der Waals surface area contributed by atoms with E-state index < -0.39 is 0 Å². The van der Waals surface area contributed by atoms with Gasteiger partial charge in [-0.25, -0.2) is 0 Å². The van der Waals surface area contributed by atoms with Crippen LogP contribution >= 0.6 is 0 Å². The minimum absolute atomic E-state index is 1.12. The molecule has 0 aromatic carbocycles. The summed E-state index contributed by atoms with van der Waals surface area (Å²) >= 11 is 0. The molecule has 0 heteroatoms. The molecule has 0 radical (unpaired) electrons. The molecule has 106 valence electrons. The molecule has 0 unspecified atom stereocenters. The average Bonchev–Trinajstić information content (AvgIpc) is 2.92. The third-order valence-corrected chi connectivity index (χ3v) is 3.44. The van der Waals surface area contributed by atoms with Crippen LogP contribution in [0.4, 0.5) is 0 Å². The normalized spacial score (nSPS) is 14.6. The molecule has 0 aromatic rings. The van der Waals surface area contributed by atoms with Gasteiger partial charge in [0.1, 0.15) is 0 Å². The van der Waals surface area contributed by atoms with Gasteiger partial charge < -0.3 is 0 Å². The van der Waals surface area contributed by atoms with Gasteiger partial charge in [-0.05, 0) is 5.92 Å². The van der Waals surface area contributed by atoms with Gasteiger partial charge in [-0.2, -0.15) is 0 Å². The SMILES string of the molecule is CC.CC.CCCCCCCCC1CCCC1. The van der Waals surface area contributed by atoms with E-state index >= 15 is 0 Å². The second-order valence-electron chi connectivity index (χ2n) is 4.71. The third kappa shape index (κ3) is 13.9. The summed E-state index contributed by atoms with van der Waals surface area (Å²) in [6.45, 7) is 10.3. The molecular weight excluding hydrogens is 204 g/mol. The van der Waals surface area contributed by atoms with Crippen LogP contribution in [0.15, 0.2) is 0 Å². The zero-order valence-electron chi connectivity index (χ0n) is 13.4. The summed E-state index contributed by atoms with van der Waals surface area (Å²) in [5.74, 6) is 1.12. The fourth-order valence-corrected chi connectivity index (χ4v) is 2.51. The van der Waals surface area contributed by atoms with E-state index in [0.29, 0.717) is 0 Å². The molecule has 0 saturated heterocycles. The fraction of sp³-hybridized carbons (Fsp3) is 1.00. The van der Waals surface area contributed by atoms with Crippen molar-refractivity contribution in [1.29, 1.82) is 0 Å². The molecule has 0 nitrogen and oxygen atoms in total. The van der Waals surface area contributed by atoms with Gasteiger partial charge >= 0.3 is 0 Å². The highest BCUT2D eigenvalue weighted by Crippen LogP contribution is 2.29. The van der Waals surface area contributed by atoms with Gasteiger partial charge in [-0.1, -0.05) is 105 Å². The number of hydrogen-bond acceptors (Lipinski definition) is 0. The molecule has 0 bridgehead atoms. The van der Waals surface area contributed by atoms with E-state index in [9.17, 15) is 0 Å². The van der Waals surface area contributed by atoms with Crippen molar-refractivity contribution in [2.45, 2.75) is 105 Å². The van der Waals surface area contributed by atoms with Crippen LogP contribution in [0.3, 0.4) is 0 Å². The maximum absolute atomic E-state index is 2.29. The summed E-state index contributed by atoms with van der Waals surface area (Å²) < 4.78 is 0. The maximum atomic E-state index is 2.29. The predicted octanol–water partition coefficient (Wildman–Crippen LogP) is 6.98. The first-order valence-electron chi connectivity index (χ1n) is 8.43. The summed E-state index contributed by atoms with van der Waals surface area (Å²) in [4.78, 5) is 0. The second kappa shape index (κ2) is 18.4. The topological polar surface area (TPSA) is 0 Å². The quantitative estimate of drug-likeness (QED) is 0.422. The van der Waals surface area contributed by atoms with E-state index in [1.807, 2.05) is 27.7 Å². The van der Waals surface area contributed by atoms with E-state index in [-0.39, 0.29) is 0 Å². The largest absolute Gasteiger partial charge is 0.0683 e. The minimum atomic E-state index is 1.12. The monoisotopic (exact) mass is 242 g/mol. The molecule has 0 N–H and O–H groups in total. The fourth-order valence-electron chi connectivity index (χ4n) is 2.51. The highest BCUT2D eigenvalue weighted by atomic mass is 14.2. The Bertz CT molecular complexity index is 101. The van der Waals surface area contributed by atoms with E-state index in [1.165, 1.54) is 70.6 Å². The number of rotatable bonds is 7. The summed E-state index contributed by atoms with van der Waals surface area (Å²) in [5, 5.41) is 0. The number of unbranched alkanes of at least 4 members (excludes halogenated alkanes) is 5. The van der Waals surface area contributed by atoms with E-state index in [1.54, 1.807) is 0 Å².